The molecule has 0 spiro atoms. The van der Waals surface area contributed by atoms with Crippen LogP contribution in [0.25, 0.3) is 0 Å². The molecule has 0 aliphatic rings. The Morgan fingerprint density at radius 1 is 1.14 bits per heavy atom. The summed E-state index contributed by atoms with van der Waals surface area (Å²) in [7, 11) is 0. The number of carboxylic acids is 1. The maximum Gasteiger partial charge on any atom is 0.335 e. The lowest BCUT2D eigenvalue weighted by molar-refractivity contribution is 0.0697. The minimum absolute atomic E-state index is 0.202. The Bertz CT molecular complexity index is 667. The van der Waals surface area contributed by atoms with Gasteiger partial charge < -0.3 is 15.7 Å². The first-order chi connectivity index (χ1) is 10.6. The summed E-state index contributed by atoms with van der Waals surface area (Å²) in [6.45, 7) is 0.339. The molecule has 3 N–H and O–H groups in total. The minimum Gasteiger partial charge on any atom is -0.478 e. The van der Waals surface area contributed by atoms with Crippen LogP contribution in [0.5, 0.6) is 0 Å². The molecule has 114 valence electrons. The van der Waals surface area contributed by atoms with Gasteiger partial charge in [0.15, 0.2) is 0 Å². The van der Waals surface area contributed by atoms with Crippen LogP contribution in [0, 0.1) is 0 Å². The number of hydrogen-bond acceptors (Lipinski definition) is 5. The predicted octanol–water partition coefficient (Wildman–Crippen LogP) is 2.94. The van der Waals surface area contributed by atoms with Crippen LogP contribution in [0.15, 0.2) is 58.5 Å². The van der Waals surface area contributed by atoms with E-state index in [4.69, 9.17) is 15.7 Å². The molecule has 2 aromatic carbocycles. The highest BCUT2D eigenvalue weighted by Crippen LogP contribution is 2.16. The number of rotatable bonds is 5. The zero-order valence-electron chi connectivity index (χ0n) is 12.0. The van der Waals surface area contributed by atoms with Gasteiger partial charge in [-0.3, -0.25) is 0 Å². The molecule has 2 rings (SSSR count). The standard InChI is InChI=1S/C16H16N2O3S/c1-22-14-8-2-11(3-9-14)10-21-15(18-17)12-4-6-13(7-5-12)16(19)20/h2-9H,10,17H2,1H3,(H,19,20)/b18-15-. The van der Waals surface area contributed by atoms with E-state index in [0.29, 0.717) is 12.2 Å². The van der Waals surface area contributed by atoms with Crippen molar-refractivity contribution in [3.63, 3.8) is 0 Å². The van der Waals surface area contributed by atoms with Gasteiger partial charge in [-0.15, -0.1) is 16.9 Å². The molecule has 0 unspecified atom stereocenters. The van der Waals surface area contributed by atoms with Crippen LogP contribution < -0.4 is 5.84 Å². The highest BCUT2D eigenvalue weighted by Gasteiger charge is 2.08. The molecule has 6 heteroatoms. The Morgan fingerprint density at radius 3 is 2.23 bits per heavy atom. The van der Waals surface area contributed by atoms with Crippen LogP contribution in [0.3, 0.4) is 0 Å². The molecular formula is C16H16N2O3S. The van der Waals surface area contributed by atoms with E-state index in [1.165, 1.54) is 17.0 Å². The van der Waals surface area contributed by atoms with E-state index in [-0.39, 0.29) is 11.5 Å². The van der Waals surface area contributed by atoms with E-state index in [2.05, 4.69) is 5.10 Å². The number of ether oxygens (including phenoxy) is 1. The van der Waals surface area contributed by atoms with E-state index < -0.39 is 5.97 Å². The molecule has 22 heavy (non-hydrogen) atoms. The summed E-state index contributed by atoms with van der Waals surface area (Å²) in [5.41, 5.74) is 1.84. The number of aromatic carboxylic acids is 1. The summed E-state index contributed by atoms with van der Waals surface area (Å²) in [6, 6.07) is 14.2. The number of hydrazone groups is 1. The maximum atomic E-state index is 10.8. The summed E-state index contributed by atoms with van der Waals surface area (Å²) < 4.78 is 5.61. The van der Waals surface area contributed by atoms with E-state index in [1.807, 2.05) is 30.5 Å². The molecule has 0 aliphatic carbocycles. The Kier molecular flexibility index (Phi) is 5.43. The third-order valence-electron chi connectivity index (χ3n) is 3.03. The Labute approximate surface area is 132 Å². The van der Waals surface area contributed by atoms with Crippen LogP contribution >= 0.6 is 11.8 Å². The molecule has 2 aromatic rings. The largest absolute Gasteiger partial charge is 0.478 e. The van der Waals surface area contributed by atoms with Crippen molar-refractivity contribution in [2.45, 2.75) is 11.5 Å². The molecule has 0 saturated carbocycles. The molecule has 0 aliphatic heterocycles. The zero-order chi connectivity index (χ0) is 15.9. The van der Waals surface area contributed by atoms with Crippen molar-refractivity contribution in [2.75, 3.05) is 6.26 Å². The van der Waals surface area contributed by atoms with E-state index in [1.54, 1.807) is 23.9 Å². The average Bonchev–Trinajstić information content (AvgIpc) is 2.56. The van der Waals surface area contributed by atoms with Gasteiger partial charge in [0.25, 0.3) is 0 Å². The molecule has 0 bridgehead atoms. The topological polar surface area (TPSA) is 84.9 Å². The number of thioether (sulfide) groups is 1. The molecule has 0 radical (unpaired) electrons. The Balaban J connectivity index is 2.04. The van der Waals surface area contributed by atoms with Gasteiger partial charge in [-0.1, -0.05) is 12.1 Å². The van der Waals surface area contributed by atoms with E-state index in [9.17, 15) is 4.79 Å². The smallest absolute Gasteiger partial charge is 0.335 e. The van der Waals surface area contributed by atoms with Crippen molar-refractivity contribution in [3.05, 3.63) is 65.2 Å². The zero-order valence-corrected chi connectivity index (χ0v) is 12.8. The summed E-state index contributed by atoms with van der Waals surface area (Å²) in [5.74, 6) is 4.65. The molecule has 0 heterocycles. The average molecular weight is 316 g/mol. The summed E-state index contributed by atoms with van der Waals surface area (Å²) in [6.07, 6.45) is 2.02. The summed E-state index contributed by atoms with van der Waals surface area (Å²) >= 11 is 1.67. The minimum atomic E-state index is -0.979. The highest BCUT2D eigenvalue weighted by atomic mass is 32.2. The van der Waals surface area contributed by atoms with Crippen molar-refractivity contribution < 1.29 is 14.6 Å². The van der Waals surface area contributed by atoms with Gasteiger partial charge in [0.05, 0.1) is 5.56 Å². The maximum absolute atomic E-state index is 10.8. The van der Waals surface area contributed by atoms with E-state index >= 15 is 0 Å². The lowest BCUT2D eigenvalue weighted by Gasteiger charge is -2.09. The summed E-state index contributed by atoms with van der Waals surface area (Å²) in [4.78, 5) is 12.0. The number of carbonyl (C=O) groups is 1. The Morgan fingerprint density at radius 2 is 1.73 bits per heavy atom. The van der Waals surface area contributed by atoms with Gasteiger partial charge in [0.1, 0.15) is 6.61 Å². The second-order valence-corrected chi connectivity index (χ2v) is 5.33. The van der Waals surface area contributed by atoms with Gasteiger partial charge in [-0.25, -0.2) is 4.79 Å². The second-order valence-electron chi connectivity index (χ2n) is 4.45. The number of nitrogens with two attached hydrogens (primary N) is 1. The van der Waals surface area contributed by atoms with Gasteiger partial charge in [-0.05, 0) is 48.2 Å². The molecule has 0 atom stereocenters. The SMILES string of the molecule is CSc1ccc(CO/C(=N\N)c2ccc(C(=O)O)cc2)cc1. The normalized spacial score (nSPS) is 11.2. The third kappa shape index (κ3) is 4.02. The monoisotopic (exact) mass is 316 g/mol. The third-order valence-corrected chi connectivity index (χ3v) is 3.77. The van der Waals surface area contributed by atoms with E-state index in [0.717, 1.165) is 5.56 Å². The first kappa shape index (κ1) is 15.9. The molecule has 0 fully saturated rings. The predicted molar refractivity (Wildman–Crippen MR) is 87.1 cm³/mol. The molecule has 5 nitrogen and oxygen atoms in total. The van der Waals surface area contributed by atoms with Crippen molar-refractivity contribution in [1.82, 2.24) is 0 Å². The van der Waals surface area contributed by atoms with Crippen LogP contribution in [-0.2, 0) is 11.3 Å². The van der Waals surface area contributed by atoms with Crippen molar-refractivity contribution in [2.24, 2.45) is 10.9 Å². The van der Waals surface area contributed by atoms with Gasteiger partial charge >= 0.3 is 5.97 Å². The number of hydrogen-bond donors (Lipinski definition) is 2. The fraction of sp³-hybridized carbons (Fsp3) is 0.125. The quantitative estimate of drug-likeness (QED) is 0.291. The van der Waals surface area contributed by atoms with Crippen LogP contribution in [0.2, 0.25) is 0 Å². The molecule has 0 amide bonds. The van der Waals surface area contributed by atoms with Crippen LogP contribution in [0.1, 0.15) is 21.5 Å². The second kappa shape index (κ2) is 7.51. The van der Waals surface area contributed by atoms with Gasteiger partial charge in [0.2, 0.25) is 5.90 Å². The first-order valence-electron chi connectivity index (χ1n) is 6.51. The molecular weight excluding hydrogens is 300 g/mol. The first-order valence-corrected chi connectivity index (χ1v) is 7.74. The lowest BCUT2D eigenvalue weighted by Crippen LogP contribution is -2.10. The summed E-state index contributed by atoms with van der Waals surface area (Å²) in [5, 5.41) is 12.5. The van der Waals surface area contributed by atoms with Crippen molar-refractivity contribution in [3.8, 4) is 0 Å². The fourth-order valence-electron chi connectivity index (χ4n) is 1.82. The van der Waals surface area contributed by atoms with Crippen LogP contribution in [0.4, 0.5) is 0 Å². The van der Waals surface area contributed by atoms with Gasteiger partial charge in [-0.2, -0.15) is 0 Å². The number of carboxylic acid groups (broad SMARTS) is 1. The highest BCUT2D eigenvalue weighted by molar-refractivity contribution is 7.98. The number of benzene rings is 2. The molecule has 0 aromatic heterocycles. The Hall–Kier alpha value is -2.47. The van der Waals surface area contributed by atoms with Crippen molar-refractivity contribution in [1.29, 1.82) is 0 Å². The molecule has 0 saturated heterocycles. The van der Waals surface area contributed by atoms with Crippen LogP contribution in [-0.4, -0.2) is 23.2 Å². The number of nitrogens with zero attached hydrogens (tertiary/aromatic N) is 1. The van der Waals surface area contributed by atoms with Gasteiger partial charge in [0, 0.05) is 10.5 Å². The fourth-order valence-corrected chi connectivity index (χ4v) is 2.23. The van der Waals surface area contributed by atoms with Crippen molar-refractivity contribution >= 4 is 23.6 Å². The lowest BCUT2D eigenvalue weighted by atomic mass is 10.1.